The van der Waals surface area contributed by atoms with E-state index >= 15 is 0 Å². The van der Waals surface area contributed by atoms with Gasteiger partial charge in [-0.3, -0.25) is 0 Å². The van der Waals surface area contributed by atoms with Crippen molar-refractivity contribution < 1.29 is 0 Å². The van der Waals surface area contributed by atoms with Crippen LogP contribution < -0.4 is 0 Å². The zero-order valence-corrected chi connectivity index (χ0v) is 8.69. The molecular weight excluding hydrogens is 164 g/mol. The van der Waals surface area contributed by atoms with Crippen molar-refractivity contribution >= 4 is 0 Å². The number of hydrogen-bond acceptors (Lipinski definition) is 4. The number of hydrogen-bond donors (Lipinski definition) is 0. The Morgan fingerprint density at radius 1 is 1.15 bits per heavy atom. The molecule has 0 amide bonds. The zero-order chi connectivity index (χ0) is 9.73. The molecule has 1 atom stereocenters. The Kier molecular flexibility index (Phi) is 3.51. The number of nitrogens with zero attached hydrogens (tertiary/aromatic N) is 4. The first-order valence-electron chi connectivity index (χ1n) is 5.03. The van der Waals surface area contributed by atoms with Gasteiger partial charge in [0.05, 0.1) is 0 Å². The molecule has 0 aromatic carbocycles. The minimum atomic E-state index is -0.0379. The lowest BCUT2D eigenvalue weighted by molar-refractivity contribution is 0.220. The first kappa shape index (κ1) is 10.3. The van der Waals surface area contributed by atoms with Crippen molar-refractivity contribution in [2.75, 3.05) is 0 Å². The molecule has 74 valence electrons. The van der Waals surface area contributed by atoms with E-state index in [0.29, 0.717) is 0 Å². The van der Waals surface area contributed by atoms with Crippen LogP contribution in [0.3, 0.4) is 0 Å². The molecule has 0 radical (unpaired) electrons. The van der Waals surface area contributed by atoms with Crippen LogP contribution in [0.1, 0.15) is 46.5 Å². The Morgan fingerprint density at radius 3 is 2.23 bits per heavy atom. The van der Waals surface area contributed by atoms with Gasteiger partial charge < -0.3 is 0 Å². The minimum absolute atomic E-state index is 0.0379. The van der Waals surface area contributed by atoms with Crippen molar-refractivity contribution in [1.82, 2.24) is 0 Å². The predicted molar refractivity (Wildman–Crippen MR) is 51.4 cm³/mol. The van der Waals surface area contributed by atoms with Crippen LogP contribution in [0.15, 0.2) is 20.7 Å². The zero-order valence-electron chi connectivity index (χ0n) is 8.69. The smallest absolute Gasteiger partial charge is 0.138 e. The fourth-order valence-corrected chi connectivity index (χ4v) is 1.51. The first-order valence-corrected chi connectivity index (χ1v) is 5.03. The third kappa shape index (κ3) is 2.32. The summed E-state index contributed by atoms with van der Waals surface area (Å²) >= 11 is 0. The molecule has 4 heteroatoms. The molecule has 1 unspecified atom stereocenters. The molecule has 0 aromatic rings. The number of rotatable bonds is 5. The summed E-state index contributed by atoms with van der Waals surface area (Å²) in [7, 11) is 0. The Balaban J connectivity index is 2.57. The van der Waals surface area contributed by atoms with Crippen LogP contribution in [0.4, 0.5) is 0 Å². The third-order valence-electron chi connectivity index (χ3n) is 2.89. The highest BCUT2D eigenvalue weighted by atomic mass is 15.6. The Hall–Kier alpha value is -0.800. The van der Waals surface area contributed by atoms with Gasteiger partial charge >= 0.3 is 0 Å². The van der Waals surface area contributed by atoms with Crippen LogP contribution >= 0.6 is 0 Å². The maximum absolute atomic E-state index is 4.02. The lowest BCUT2D eigenvalue weighted by atomic mass is 9.80. The molecule has 0 N–H and O–H groups in total. The third-order valence-corrected chi connectivity index (χ3v) is 2.89. The topological polar surface area (TPSA) is 49.4 Å². The predicted octanol–water partition coefficient (Wildman–Crippen LogP) is 3.75. The van der Waals surface area contributed by atoms with Gasteiger partial charge in [-0.2, -0.15) is 0 Å². The Morgan fingerprint density at radius 2 is 1.77 bits per heavy atom. The molecule has 13 heavy (non-hydrogen) atoms. The van der Waals surface area contributed by atoms with Gasteiger partial charge in [0.1, 0.15) is 0 Å². The van der Waals surface area contributed by atoms with E-state index in [1.807, 2.05) is 0 Å². The summed E-state index contributed by atoms with van der Waals surface area (Å²) in [5.41, 5.74) is 0.152. The second-order valence-electron chi connectivity index (χ2n) is 3.89. The standard InChI is InChI=1S/C9H18N4/c1-4-6-7-9(3,5-2)8-10-12-13-11-8/h8H,4-7H2,1-3H3. The molecule has 0 fully saturated rings. The summed E-state index contributed by atoms with van der Waals surface area (Å²) in [5.74, 6) is 0. The van der Waals surface area contributed by atoms with Gasteiger partial charge in [-0.1, -0.05) is 33.6 Å². The van der Waals surface area contributed by atoms with E-state index in [0.717, 1.165) is 12.8 Å². The summed E-state index contributed by atoms with van der Waals surface area (Å²) in [4.78, 5) is 0. The molecule has 0 aromatic heterocycles. The second-order valence-corrected chi connectivity index (χ2v) is 3.89. The molecule has 1 aliphatic heterocycles. The van der Waals surface area contributed by atoms with E-state index in [1.165, 1.54) is 12.8 Å². The van der Waals surface area contributed by atoms with Gasteiger partial charge in [-0.25, -0.2) is 0 Å². The second kappa shape index (κ2) is 4.44. The van der Waals surface area contributed by atoms with E-state index in [1.54, 1.807) is 0 Å². The average Bonchev–Trinajstić information content (AvgIpc) is 2.67. The quantitative estimate of drug-likeness (QED) is 0.621. The van der Waals surface area contributed by atoms with Gasteiger partial charge in [0.15, 0.2) is 6.17 Å². The fraction of sp³-hybridized carbons (Fsp3) is 1.00. The Bertz CT molecular complexity index is 200. The van der Waals surface area contributed by atoms with Crippen LogP contribution in [0.2, 0.25) is 0 Å². The highest BCUT2D eigenvalue weighted by molar-refractivity contribution is 4.84. The summed E-state index contributed by atoms with van der Waals surface area (Å²) in [6.45, 7) is 6.60. The van der Waals surface area contributed by atoms with Gasteiger partial charge in [0.2, 0.25) is 0 Å². The van der Waals surface area contributed by atoms with E-state index in [4.69, 9.17) is 0 Å². The minimum Gasteiger partial charge on any atom is -0.138 e. The van der Waals surface area contributed by atoms with Crippen molar-refractivity contribution in [2.24, 2.45) is 26.1 Å². The SMILES string of the molecule is CCCCC(C)(CC)C1N=NN=N1. The molecule has 0 aliphatic carbocycles. The summed E-state index contributed by atoms with van der Waals surface area (Å²) in [6.07, 6.45) is 4.64. The lowest BCUT2D eigenvalue weighted by Crippen LogP contribution is -2.27. The van der Waals surface area contributed by atoms with Gasteiger partial charge in [-0.15, -0.1) is 10.2 Å². The van der Waals surface area contributed by atoms with Crippen LogP contribution in [-0.2, 0) is 0 Å². The maximum atomic E-state index is 4.02. The Labute approximate surface area is 79.5 Å². The van der Waals surface area contributed by atoms with E-state index in [-0.39, 0.29) is 11.6 Å². The highest BCUT2D eigenvalue weighted by Crippen LogP contribution is 2.36. The summed E-state index contributed by atoms with van der Waals surface area (Å²) < 4.78 is 0. The van der Waals surface area contributed by atoms with E-state index in [9.17, 15) is 0 Å². The molecule has 0 saturated heterocycles. The summed E-state index contributed by atoms with van der Waals surface area (Å²) in [6, 6.07) is 0. The molecule has 0 bridgehead atoms. The first-order chi connectivity index (χ1) is 6.23. The monoisotopic (exact) mass is 182 g/mol. The van der Waals surface area contributed by atoms with Crippen molar-refractivity contribution in [3.63, 3.8) is 0 Å². The molecule has 1 heterocycles. The maximum Gasteiger partial charge on any atom is 0.190 e. The van der Waals surface area contributed by atoms with Crippen molar-refractivity contribution in [2.45, 2.75) is 52.6 Å². The summed E-state index contributed by atoms with van der Waals surface area (Å²) in [5, 5.41) is 15.2. The van der Waals surface area contributed by atoms with E-state index in [2.05, 4.69) is 41.4 Å². The molecule has 4 nitrogen and oxygen atoms in total. The highest BCUT2D eigenvalue weighted by Gasteiger charge is 2.34. The fourth-order valence-electron chi connectivity index (χ4n) is 1.51. The van der Waals surface area contributed by atoms with Crippen LogP contribution in [0.25, 0.3) is 0 Å². The lowest BCUT2D eigenvalue weighted by Gasteiger charge is -2.28. The molecule has 0 spiro atoms. The van der Waals surface area contributed by atoms with Gasteiger partial charge in [-0.05, 0) is 23.3 Å². The molecule has 0 saturated carbocycles. The molecular formula is C9H18N4. The van der Waals surface area contributed by atoms with Crippen LogP contribution in [0, 0.1) is 5.41 Å². The normalized spacial score (nSPS) is 20.8. The van der Waals surface area contributed by atoms with E-state index < -0.39 is 0 Å². The van der Waals surface area contributed by atoms with Crippen molar-refractivity contribution in [3.05, 3.63) is 0 Å². The van der Waals surface area contributed by atoms with Crippen LogP contribution in [0.5, 0.6) is 0 Å². The van der Waals surface area contributed by atoms with Crippen molar-refractivity contribution in [1.29, 1.82) is 0 Å². The average molecular weight is 182 g/mol. The van der Waals surface area contributed by atoms with Gasteiger partial charge in [0.25, 0.3) is 0 Å². The largest absolute Gasteiger partial charge is 0.190 e. The van der Waals surface area contributed by atoms with Crippen molar-refractivity contribution in [3.8, 4) is 0 Å². The molecule has 1 aliphatic rings. The van der Waals surface area contributed by atoms with Crippen LogP contribution in [-0.4, -0.2) is 6.17 Å². The number of unbranched alkanes of at least 4 members (excludes halogenated alkanes) is 1. The van der Waals surface area contributed by atoms with Gasteiger partial charge in [0, 0.05) is 5.41 Å². The molecule has 1 rings (SSSR count).